The second-order valence-electron chi connectivity index (χ2n) is 5.33. The Hall–Kier alpha value is -1.85. The first kappa shape index (κ1) is 14.6. The molecule has 0 atom stereocenters. The maximum Gasteiger partial charge on any atom is 0.269 e. The van der Waals surface area contributed by atoms with E-state index in [9.17, 15) is 9.59 Å². The van der Waals surface area contributed by atoms with E-state index in [4.69, 9.17) is 5.73 Å². The van der Waals surface area contributed by atoms with Crippen molar-refractivity contribution >= 4 is 11.8 Å². The Labute approximate surface area is 118 Å². The third kappa shape index (κ3) is 3.37. The number of likely N-dealkylation sites (tertiary alicyclic amines) is 1. The summed E-state index contributed by atoms with van der Waals surface area (Å²) in [6.07, 6.45) is 4.46. The zero-order chi connectivity index (χ0) is 14.5. The van der Waals surface area contributed by atoms with E-state index in [2.05, 4.69) is 17.1 Å². The molecule has 1 fully saturated rings. The number of carbonyl (C=O) groups excluding carboxylic acids is 2. The average Bonchev–Trinajstić information content (AvgIpc) is 2.95. The molecule has 110 valence electrons. The van der Waals surface area contributed by atoms with Crippen molar-refractivity contribution in [2.45, 2.75) is 44.9 Å². The number of piperidine rings is 1. The minimum atomic E-state index is -0.514. The first-order valence-corrected chi connectivity index (χ1v) is 7.24. The van der Waals surface area contributed by atoms with E-state index in [1.54, 1.807) is 6.07 Å². The summed E-state index contributed by atoms with van der Waals surface area (Å²) in [5, 5.41) is 6.79. The molecule has 1 saturated heterocycles. The number of hydrogen-bond donors (Lipinski definition) is 2. The molecular weight excluding hydrogens is 256 g/mol. The van der Waals surface area contributed by atoms with Gasteiger partial charge in [-0.3, -0.25) is 14.7 Å². The molecule has 1 aliphatic heterocycles. The number of rotatable bonds is 5. The lowest BCUT2D eigenvalue weighted by Gasteiger charge is -2.31. The normalized spacial score (nSPS) is 16.4. The Morgan fingerprint density at radius 1 is 1.45 bits per heavy atom. The molecule has 0 unspecified atom stereocenters. The summed E-state index contributed by atoms with van der Waals surface area (Å²) in [6.45, 7) is 3.64. The number of hydrogen-bond acceptors (Lipinski definition) is 3. The van der Waals surface area contributed by atoms with Crippen LogP contribution in [0.1, 0.15) is 61.1 Å². The quantitative estimate of drug-likeness (QED) is 0.852. The van der Waals surface area contributed by atoms with Crippen LogP contribution >= 0.6 is 0 Å². The summed E-state index contributed by atoms with van der Waals surface area (Å²) in [7, 11) is 0. The molecule has 1 aromatic heterocycles. The van der Waals surface area contributed by atoms with Gasteiger partial charge in [0.2, 0.25) is 5.91 Å². The molecule has 0 saturated carbocycles. The molecule has 0 radical (unpaired) electrons. The number of aromatic amines is 1. The molecule has 1 aliphatic rings. The maximum absolute atomic E-state index is 11.9. The third-order valence-electron chi connectivity index (χ3n) is 3.88. The van der Waals surface area contributed by atoms with Gasteiger partial charge in [0.1, 0.15) is 5.69 Å². The van der Waals surface area contributed by atoms with E-state index < -0.39 is 5.91 Å². The van der Waals surface area contributed by atoms with E-state index in [0.717, 1.165) is 44.5 Å². The number of carbonyl (C=O) groups is 2. The van der Waals surface area contributed by atoms with Gasteiger partial charge in [-0.05, 0) is 25.3 Å². The zero-order valence-electron chi connectivity index (χ0n) is 11.9. The molecule has 0 aromatic carbocycles. The summed E-state index contributed by atoms with van der Waals surface area (Å²) in [5.74, 6) is 0.0678. The van der Waals surface area contributed by atoms with Crippen LogP contribution in [0.3, 0.4) is 0 Å². The fourth-order valence-corrected chi connectivity index (χ4v) is 2.60. The fraction of sp³-hybridized carbons (Fsp3) is 0.643. The van der Waals surface area contributed by atoms with Gasteiger partial charge in [-0.15, -0.1) is 0 Å². The minimum absolute atomic E-state index is 0.257. The Bertz CT molecular complexity index is 475. The van der Waals surface area contributed by atoms with Gasteiger partial charge >= 0.3 is 0 Å². The summed E-state index contributed by atoms with van der Waals surface area (Å²) >= 11 is 0. The van der Waals surface area contributed by atoms with Gasteiger partial charge in [-0.2, -0.15) is 5.10 Å². The Balaban J connectivity index is 1.87. The molecule has 0 bridgehead atoms. The second-order valence-corrected chi connectivity index (χ2v) is 5.33. The number of aromatic nitrogens is 2. The van der Waals surface area contributed by atoms with Gasteiger partial charge in [0.05, 0.1) is 0 Å². The van der Waals surface area contributed by atoms with Crippen LogP contribution in [0.25, 0.3) is 0 Å². The van der Waals surface area contributed by atoms with Gasteiger partial charge < -0.3 is 10.6 Å². The number of unbranched alkanes of at least 4 members (excludes halogenated alkanes) is 1. The lowest BCUT2D eigenvalue weighted by molar-refractivity contribution is -0.132. The van der Waals surface area contributed by atoms with Crippen LogP contribution in [0.15, 0.2) is 6.07 Å². The summed E-state index contributed by atoms with van der Waals surface area (Å²) in [5.41, 5.74) is 6.41. The number of nitrogens with two attached hydrogens (primary N) is 1. The number of primary amides is 1. The number of nitrogens with one attached hydrogen (secondary N) is 1. The highest BCUT2D eigenvalue weighted by molar-refractivity contribution is 5.90. The van der Waals surface area contributed by atoms with Crippen molar-refractivity contribution in [2.24, 2.45) is 5.73 Å². The summed E-state index contributed by atoms with van der Waals surface area (Å²) in [4.78, 5) is 24.9. The van der Waals surface area contributed by atoms with Crippen LogP contribution in [0.4, 0.5) is 0 Å². The van der Waals surface area contributed by atoms with Crippen molar-refractivity contribution in [1.82, 2.24) is 15.1 Å². The zero-order valence-corrected chi connectivity index (χ0v) is 11.9. The van der Waals surface area contributed by atoms with E-state index in [-0.39, 0.29) is 11.6 Å². The maximum atomic E-state index is 11.9. The van der Waals surface area contributed by atoms with Crippen LogP contribution < -0.4 is 5.73 Å². The molecular formula is C14H22N4O2. The van der Waals surface area contributed by atoms with Gasteiger partial charge in [-0.1, -0.05) is 13.3 Å². The predicted octanol–water partition coefficient (Wildman–Crippen LogP) is 1.40. The lowest BCUT2D eigenvalue weighted by atomic mass is 9.93. The number of nitrogens with zero attached hydrogens (tertiary/aromatic N) is 2. The minimum Gasteiger partial charge on any atom is -0.364 e. The molecule has 2 heterocycles. The van der Waals surface area contributed by atoms with Crippen LogP contribution in [0.5, 0.6) is 0 Å². The van der Waals surface area contributed by atoms with Crippen LogP contribution in [0, 0.1) is 0 Å². The topological polar surface area (TPSA) is 92.1 Å². The largest absolute Gasteiger partial charge is 0.364 e. The highest BCUT2D eigenvalue weighted by Gasteiger charge is 2.25. The van der Waals surface area contributed by atoms with Crippen molar-refractivity contribution in [2.75, 3.05) is 13.1 Å². The SMILES string of the molecule is CCCCC(=O)N1CCC(c2cc(C(N)=O)n[nH]2)CC1. The molecule has 2 rings (SSSR count). The second kappa shape index (κ2) is 6.54. The summed E-state index contributed by atoms with van der Waals surface area (Å²) < 4.78 is 0. The van der Waals surface area contributed by atoms with Crippen molar-refractivity contribution in [3.05, 3.63) is 17.5 Å². The highest BCUT2D eigenvalue weighted by Crippen LogP contribution is 2.27. The molecule has 6 heteroatoms. The van der Waals surface area contributed by atoms with Crippen LogP contribution in [0.2, 0.25) is 0 Å². The Morgan fingerprint density at radius 2 is 2.15 bits per heavy atom. The van der Waals surface area contributed by atoms with Gasteiger partial charge in [0.25, 0.3) is 5.91 Å². The Kier molecular flexibility index (Phi) is 4.76. The van der Waals surface area contributed by atoms with E-state index in [1.165, 1.54) is 0 Å². The van der Waals surface area contributed by atoms with Gasteiger partial charge in [0.15, 0.2) is 0 Å². The van der Waals surface area contributed by atoms with Crippen molar-refractivity contribution in [3.8, 4) is 0 Å². The molecule has 1 aromatic rings. The first-order valence-electron chi connectivity index (χ1n) is 7.24. The average molecular weight is 278 g/mol. The smallest absolute Gasteiger partial charge is 0.269 e. The van der Waals surface area contributed by atoms with Crippen molar-refractivity contribution in [1.29, 1.82) is 0 Å². The molecule has 0 aliphatic carbocycles. The monoisotopic (exact) mass is 278 g/mol. The van der Waals surface area contributed by atoms with Crippen molar-refractivity contribution < 1.29 is 9.59 Å². The van der Waals surface area contributed by atoms with E-state index >= 15 is 0 Å². The first-order chi connectivity index (χ1) is 9.61. The third-order valence-corrected chi connectivity index (χ3v) is 3.88. The van der Waals surface area contributed by atoms with Gasteiger partial charge in [0, 0.05) is 31.1 Å². The molecule has 3 N–H and O–H groups in total. The van der Waals surface area contributed by atoms with Crippen LogP contribution in [-0.2, 0) is 4.79 Å². The number of H-pyrrole nitrogens is 1. The van der Waals surface area contributed by atoms with Crippen LogP contribution in [-0.4, -0.2) is 40.0 Å². The highest BCUT2D eigenvalue weighted by atomic mass is 16.2. The molecule has 6 nitrogen and oxygen atoms in total. The lowest BCUT2D eigenvalue weighted by Crippen LogP contribution is -2.37. The molecule has 0 spiro atoms. The fourth-order valence-electron chi connectivity index (χ4n) is 2.60. The van der Waals surface area contributed by atoms with E-state index in [0.29, 0.717) is 12.3 Å². The Morgan fingerprint density at radius 3 is 2.70 bits per heavy atom. The molecule has 20 heavy (non-hydrogen) atoms. The summed E-state index contributed by atoms with van der Waals surface area (Å²) in [6, 6.07) is 1.72. The predicted molar refractivity (Wildman–Crippen MR) is 75.2 cm³/mol. The van der Waals surface area contributed by atoms with Gasteiger partial charge in [-0.25, -0.2) is 0 Å². The van der Waals surface area contributed by atoms with E-state index in [1.807, 2.05) is 4.90 Å². The standard InChI is InChI=1S/C14H22N4O2/c1-2-3-4-13(19)18-7-5-10(6-8-18)11-9-12(14(15)20)17-16-11/h9-10H,2-8H2,1H3,(H2,15,20)(H,16,17). The van der Waals surface area contributed by atoms with Crippen molar-refractivity contribution in [3.63, 3.8) is 0 Å². The number of amides is 2. The molecule has 2 amide bonds.